The second kappa shape index (κ2) is 6.77. The van der Waals surface area contributed by atoms with Crippen molar-refractivity contribution in [3.8, 4) is 28.5 Å². The summed E-state index contributed by atoms with van der Waals surface area (Å²) in [7, 11) is 1.65. The lowest BCUT2D eigenvalue weighted by Crippen LogP contribution is -2.21. The van der Waals surface area contributed by atoms with Crippen LogP contribution in [0.2, 0.25) is 0 Å². The van der Waals surface area contributed by atoms with E-state index in [0.29, 0.717) is 29.8 Å². The van der Waals surface area contributed by atoms with Crippen LogP contribution in [0.5, 0.6) is 17.4 Å². The molecule has 2 aromatic heterocycles. The molecule has 3 heterocycles. The van der Waals surface area contributed by atoms with E-state index in [-0.39, 0.29) is 11.8 Å². The van der Waals surface area contributed by atoms with Crippen LogP contribution in [0.4, 0.5) is 0 Å². The molecule has 0 aliphatic carbocycles. The number of hydrogen-bond acceptors (Lipinski definition) is 6. The molecule has 2 aromatic carbocycles. The van der Waals surface area contributed by atoms with Gasteiger partial charge in [-0.15, -0.1) is 0 Å². The number of aromatic nitrogens is 4. The second-order valence-corrected chi connectivity index (χ2v) is 7.20. The third kappa shape index (κ3) is 2.95. The number of aryl methyl sites for hydroxylation is 1. The van der Waals surface area contributed by atoms with Crippen molar-refractivity contribution in [3.63, 3.8) is 0 Å². The highest BCUT2D eigenvalue weighted by Crippen LogP contribution is 2.38. The molecule has 0 amide bonds. The highest BCUT2D eigenvalue weighted by Gasteiger charge is 2.27. The van der Waals surface area contributed by atoms with Gasteiger partial charge in [0, 0.05) is 16.8 Å². The van der Waals surface area contributed by atoms with Crippen LogP contribution in [0.1, 0.15) is 23.0 Å². The zero-order valence-corrected chi connectivity index (χ0v) is 16.1. The summed E-state index contributed by atoms with van der Waals surface area (Å²) in [5.41, 5.74) is 4.60. The van der Waals surface area contributed by atoms with Gasteiger partial charge < -0.3 is 14.6 Å². The van der Waals surface area contributed by atoms with Gasteiger partial charge in [0.2, 0.25) is 5.88 Å². The number of aromatic amines is 1. The Bertz CT molecular complexity index is 1200. The average Bonchev–Trinajstić information content (AvgIpc) is 3.18. The quantitative estimate of drug-likeness (QED) is 0.555. The molecule has 5 rings (SSSR count). The molecule has 0 bridgehead atoms. The molecule has 4 aromatic rings. The van der Waals surface area contributed by atoms with Crippen molar-refractivity contribution in [2.45, 2.75) is 19.3 Å². The van der Waals surface area contributed by atoms with Crippen molar-refractivity contribution >= 4 is 10.9 Å². The summed E-state index contributed by atoms with van der Waals surface area (Å²) in [6.45, 7) is 2.42. The van der Waals surface area contributed by atoms with Crippen LogP contribution in [0.15, 0.2) is 42.6 Å². The van der Waals surface area contributed by atoms with Gasteiger partial charge in [-0.2, -0.15) is 10.1 Å². The lowest BCUT2D eigenvalue weighted by atomic mass is 9.95. The third-order valence-corrected chi connectivity index (χ3v) is 5.40. The number of methoxy groups -OCH3 is 1. The Balaban J connectivity index is 1.53. The van der Waals surface area contributed by atoms with E-state index in [1.165, 1.54) is 0 Å². The number of aromatic hydroxyl groups is 1. The number of ether oxygens (including phenoxy) is 2. The monoisotopic (exact) mass is 388 g/mol. The van der Waals surface area contributed by atoms with Crippen molar-refractivity contribution in [2.75, 3.05) is 13.7 Å². The highest BCUT2D eigenvalue weighted by atomic mass is 16.5. The fourth-order valence-electron chi connectivity index (χ4n) is 3.86. The predicted molar refractivity (Wildman–Crippen MR) is 108 cm³/mol. The SMILES string of the molecule is COc1cccc2c1CC(c1nc(O)c3cc(-c4cn[nH]c4C)ccc3n1)CO2. The number of benzene rings is 2. The van der Waals surface area contributed by atoms with Crippen LogP contribution < -0.4 is 9.47 Å². The highest BCUT2D eigenvalue weighted by molar-refractivity contribution is 5.88. The van der Waals surface area contributed by atoms with Gasteiger partial charge in [0.25, 0.3) is 0 Å². The molecule has 1 atom stereocenters. The van der Waals surface area contributed by atoms with Crippen LogP contribution in [-0.4, -0.2) is 39.0 Å². The predicted octanol–water partition coefficient (Wildman–Crippen LogP) is 3.76. The summed E-state index contributed by atoms with van der Waals surface area (Å²) in [5.74, 6) is 2.09. The van der Waals surface area contributed by atoms with Gasteiger partial charge in [-0.1, -0.05) is 12.1 Å². The van der Waals surface area contributed by atoms with Crippen LogP contribution in [-0.2, 0) is 6.42 Å². The van der Waals surface area contributed by atoms with Gasteiger partial charge in [-0.25, -0.2) is 4.98 Å². The van der Waals surface area contributed by atoms with Crippen LogP contribution >= 0.6 is 0 Å². The Labute approximate surface area is 167 Å². The Morgan fingerprint density at radius 2 is 2.10 bits per heavy atom. The lowest BCUT2D eigenvalue weighted by Gasteiger charge is -2.26. The fraction of sp³-hybridized carbons (Fsp3) is 0.227. The fourth-order valence-corrected chi connectivity index (χ4v) is 3.86. The summed E-state index contributed by atoms with van der Waals surface area (Å²) in [5, 5.41) is 18.2. The molecule has 0 fully saturated rings. The molecule has 0 saturated carbocycles. The van der Waals surface area contributed by atoms with Crippen LogP contribution in [0, 0.1) is 6.92 Å². The molecular formula is C22H20N4O3. The zero-order valence-electron chi connectivity index (χ0n) is 16.1. The molecule has 0 radical (unpaired) electrons. The van der Waals surface area contributed by atoms with E-state index in [1.807, 2.05) is 43.3 Å². The Kier molecular flexibility index (Phi) is 4.08. The van der Waals surface area contributed by atoms with E-state index in [9.17, 15) is 5.11 Å². The number of fused-ring (bicyclic) bond motifs is 2. The van der Waals surface area contributed by atoms with Gasteiger partial charge in [0.05, 0.1) is 36.7 Å². The minimum Gasteiger partial charge on any atom is -0.496 e. The largest absolute Gasteiger partial charge is 0.496 e. The Morgan fingerprint density at radius 1 is 1.21 bits per heavy atom. The van der Waals surface area contributed by atoms with Gasteiger partial charge in [0.1, 0.15) is 17.3 Å². The van der Waals surface area contributed by atoms with E-state index in [2.05, 4.69) is 15.2 Å². The number of hydrogen-bond donors (Lipinski definition) is 2. The maximum absolute atomic E-state index is 10.6. The number of H-pyrrole nitrogens is 1. The average molecular weight is 388 g/mol. The minimum atomic E-state index is -0.0649. The van der Waals surface area contributed by atoms with Crippen molar-refractivity contribution in [2.24, 2.45) is 0 Å². The number of nitrogens with zero attached hydrogens (tertiary/aromatic N) is 3. The van der Waals surface area contributed by atoms with Gasteiger partial charge >= 0.3 is 0 Å². The summed E-state index contributed by atoms with van der Waals surface area (Å²) < 4.78 is 11.4. The molecule has 29 heavy (non-hydrogen) atoms. The van der Waals surface area contributed by atoms with Crippen molar-refractivity contribution in [1.29, 1.82) is 0 Å². The summed E-state index contributed by atoms with van der Waals surface area (Å²) in [6, 6.07) is 11.5. The molecule has 0 saturated heterocycles. The molecule has 1 aliphatic rings. The Hall–Kier alpha value is -3.61. The topological polar surface area (TPSA) is 93.2 Å². The summed E-state index contributed by atoms with van der Waals surface area (Å²) in [6.07, 6.45) is 2.46. The van der Waals surface area contributed by atoms with Crippen molar-refractivity contribution < 1.29 is 14.6 Å². The molecule has 1 unspecified atom stereocenters. The molecule has 7 nitrogen and oxygen atoms in total. The van der Waals surface area contributed by atoms with Crippen molar-refractivity contribution in [3.05, 3.63) is 59.7 Å². The van der Waals surface area contributed by atoms with Gasteiger partial charge in [0.15, 0.2) is 0 Å². The maximum atomic E-state index is 10.6. The minimum absolute atomic E-state index is 0.0289. The van der Waals surface area contributed by atoms with Gasteiger partial charge in [-0.05, 0) is 43.2 Å². The zero-order chi connectivity index (χ0) is 20.0. The standard InChI is InChI=1S/C22H20N4O3/c1-12-17(10-23-26-12)13-6-7-18-15(8-13)22(27)25-21(24-18)14-9-16-19(28-2)4-3-5-20(16)29-11-14/h3-8,10,14H,9,11H2,1-2H3,(H,23,26)(H,24,25,27). The molecule has 7 heteroatoms. The van der Waals surface area contributed by atoms with Gasteiger partial charge in [-0.3, -0.25) is 5.10 Å². The molecular weight excluding hydrogens is 368 g/mol. The van der Waals surface area contributed by atoms with E-state index in [1.54, 1.807) is 13.3 Å². The number of nitrogens with one attached hydrogen (secondary N) is 1. The lowest BCUT2D eigenvalue weighted by molar-refractivity contribution is 0.252. The Morgan fingerprint density at radius 3 is 2.90 bits per heavy atom. The second-order valence-electron chi connectivity index (χ2n) is 7.20. The molecule has 2 N–H and O–H groups in total. The normalized spacial score (nSPS) is 15.7. The van der Waals surface area contributed by atoms with E-state index < -0.39 is 0 Å². The molecule has 146 valence electrons. The first-order valence-corrected chi connectivity index (χ1v) is 9.43. The molecule has 0 spiro atoms. The first-order chi connectivity index (χ1) is 14.1. The van der Waals surface area contributed by atoms with E-state index >= 15 is 0 Å². The molecule has 1 aliphatic heterocycles. The smallest absolute Gasteiger partial charge is 0.222 e. The maximum Gasteiger partial charge on any atom is 0.222 e. The van der Waals surface area contributed by atoms with E-state index in [0.717, 1.165) is 33.9 Å². The summed E-state index contributed by atoms with van der Waals surface area (Å²) in [4.78, 5) is 9.12. The third-order valence-electron chi connectivity index (χ3n) is 5.40. The van der Waals surface area contributed by atoms with Crippen LogP contribution in [0.25, 0.3) is 22.0 Å². The number of rotatable bonds is 3. The summed E-state index contributed by atoms with van der Waals surface area (Å²) >= 11 is 0. The van der Waals surface area contributed by atoms with Crippen LogP contribution in [0.3, 0.4) is 0 Å². The van der Waals surface area contributed by atoms with E-state index in [4.69, 9.17) is 14.5 Å². The van der Waals surface area contributed by atoms with Crippen molar-refractivity contribution in [1.82, 2.24) is 20.2 Å². The first kappa shape index (κ1) is 17.5. The first-order valence-electron chi connectivity index (χ1n) is 9.43.